The first kappa shape index (κ1) is 33.8. The molecule has 0 aliphatic carbocycles. The molecular formula is C29H35ClN4O10. The molecule has 0 unspecified atom stereocenters. The number of carbonyl (C=O) groups is 3. The van der Waals surface area contributed by atoms with Crippen LogP contribution in [0.15, 0.2) is 46.7 Å². The SMILES string of the molecule is CCOC(=O)COc1c(Cl)cc(/C=N\N[C@H](O)COc2ccc([C@@H]3NC(=O)NC(C)=C3C(=O)OC)cc2OCC)cc1OC. The number of urea groups is 1. The van der Waals surface area contributed by atoms with Gasteiger partial charge in [-0.05, 0) is 56.2 Å². The van der Waals surface area contributed by atoms with Crippen molar-refractivity contribution in [3.8, 4) is 23.0 Å². The standard InChI is InChI=1S/C29H35ClN4O10/c1-6-41-21-12-18(26-25(28(37)40-5)16(3)32-29(38)33-26)8-9-20(21)43-14-23(35)34-31-13-17-10-19(30)27(22(11-17)39-4)44-15-24(36)42-7-2/h8-13,23,26,34-35H,6-7,14-15H2,1-5H3,(H2,32,33,38)/b31-13-/t23-,26+/m1/s1. The second-order valence-electron chi connectivity index (χ2n) is 9.04. The highest BCUT2D eigenvalue weighted by Gasteiger charge is 2.32. The highest BCUT2D eigenvalue weighted by atomic mass is 35.5. The Kier molecular flexibility index (Phi) is 12.5. The van der Waals surface area contributed by atoms with Crippen molar-refractivity contribution in [1.82, 2.24) is 16.1 Å². The number of halogens is 1. The Bertz CT molecular complexity index is 1410. The topological polar surface area (TPSA) is 175 Å². The van der Waals surface area contributed by atoms with Gasteiger partial charge in [0.25, 0.3) is 0 Å². The van der Waals surface area contributed by atoms with Gasteiger partial charge in [0.05, 0.1) is 50.3 Å². The van der Waals surface area contributed by atoms with Gasteiger partial charge < -0.3 is 44.2 Å². The maximum atomic E-state index is 12.4. The Morgan fingerprint density at radius 2 is 1.86 bits per heavy atom. The maximum absolute atomic E-state index is 12.4. The van der Waals surface area contributed by atoms with Crippen LogP contribution in [0, 0.1) is 0 Å². The molecule has 1 heterocycles. The lowest BCUT2D eigenvalue weighted by Crippen LogP contribution is -2.45. The Hall–Kier alpha value is -4.69. The maximum Gasteiger partial charge on any atom is 0.344 e. The summed E-state index contributed by atoms with van der Waals surface area (Å²) < 4.78 is 32.0. The lowest BCUT2D eigenvalue weighted by molar-refractivity contribution is -0.145. The summed E-state index contributed by atoms with van der Waals surface area (Å²) in [6, 6.07) is 6.79. The van der Waals surface area contributed by atoms with E-state index in [1.807, 2.05) is 0 Å². The zero-order valence-electron chi connectivity index (χ0n) is 24.9. The van der Waals surface area contributed by atoms with Crippen molar-refractivity contribution < 1.29 is 47.9 Å². The van der Waals surface area contributed by atoms with E-state index in [1.165, 1.54) is 20.4 Å². The minimum Gasteiger partial charge on any atom is -0.493 e. The van der Waals surface area contributed by atoms with Crippen molar-refractivity contribution in [1.29, 1.82) is 0 Å². The number of rotatable bonds is 15. The van der Waals surface area contributed by atoms with Crippen LogP contribution in [0.25, 0.3) is 0 Å². The van der Waals surface area contributed by atoms with Crippen molar-refractivity contribution in [3.05, 3.63) is 57.8 Å². The molecule has 0 bridgehead atoms. The summed E-state index contributed by atoms with van der Waals surface area (Å²) >= 11 is 6.31. The van der Waals surface area contributed by atoms with Crippen molar-refractivity contribution in [2.75, 3.05) is 40.6 Å². The monoisotopic (exact) mass is 634 g/mol. The number of ether oxygens (including phenoxy) is 6. The second kappa shape index (κ2) is 16.2. The quantitative estimate of drug-likeness (QED) is 0.0981. The van der Waals surface area contributed by atoms with Crippen molar-refractivity contribution in [2.45, 2.75) is 33.0 Å². The molecule has 44 heavy (non-hydrogen) atoms. The molecule has 0 spiro atoms. The zero-order valence-corrected chi connectivity index (χ0v) is 25.6. The van der Waals surface area contributed by atoms with Crippen LogP contribution >= 0.6 is 11.6 Å². The van der Waals surface area contributed by atoms with Gasteiger partial charge in [-0.25, -0.2) is 14.4 Å². The Morgan fingerprint density at radius 3 is 2.55 bits per heavy atom. The van der Waals surface area contributed by atoms with Crippen molar-refractivity contribution >= 4 is 35.8 Å². The lowest BCUT2D eigenvalue weighted by atomic mass is 9.95. The summed E-state index contributed by atoms with van der Waals surface area (Å²) in [6.07, 6.45) is 0.180. The van der Waals surface area contributed by atoms with E-state index in [2.05, 4.69) is 21.2 Å². The van der Waals surface area contributed by atoms with E-state index in [-0.39, 0.29) is 41.9 Å². The molecule has 1 aliphatic rings. The third-order valence-electron chi connectivity index (χ3n) is 6.00. The van der Waals surface area contributed by atoms with Crippen LogP contribution in [-0.4, -0.2) is 76.2 Å². The third kappa shape index (κ3) is 8.91. The van der Waals surface area contributed by atoms with E-state index < -0.39 is 30.2 Å². The number of nitrogens with zero attached hydrogens (tertiary/aromatic N) is 1. The first-order valence-corrected chi connectivity index (χ1v) is 13.9. The third-order valence-corrected chi connectivity index (χ3v) is 6.28. The largest absolute Gasteiger partial charge is 0.493 e. The predicted octanol–water partition coefficient (Wildman–Crippen LogP) is 2.81. The Morgan fingerprint density at radius 1 is 1.09 bits per heavy atom. The number of aliphatic hydroxyl groups is 1. The zero-order chi connectivity index (χ0) is 32.2. The van der Waals surface area contributed by atoms with Crippen LogP contribution in [0.1, 0.15) is 37.9 Å². The molecule has 2 aromatic rings. The van der Waals surface area contributed by atoms with Crippen LogP contribution in [0.2, 0.25) is 5.02 Å². The van der Waals surface area contributed by atoms with Crippen LogP contribution < -0.4 is 35.0 Å². The lowest BCUT2D eigenvalue weighted by Gasteiger charge is -2.28. The molecule has 1 aliphatic heterocycles. The van der Waals surface area contributed by atoms with Crippen molar-refractivity contribution in [2.24, 2.45) is 5.10 Å². The molecule has 0 radical (unpaired) electrons. The number of methoxy groups -OCH3 is 2. The first-order valence-electron chi connectivity index (χ1n) is 13.5. The van der Waals surface area contributed by atoms with E-state index in [0.29, 0.717) is 34.9 Å². The number of aliphatic hydroxyl groups excluding tert-OH is 1. The number of esters is 2. The Labute approximate surface area is 259 Å². The van der Waals surface area contributed by atoms with Crippen LogP contribution in [0.5, 0.6) is 23.0 Å². The molecular weight excluding hydrogens is 600 g/mol. The number of hydrogen-bond acceptors (Lipinski definition) is 12. The van der Waals surface area contributed by atoms with Gasteiger partial charge in [-0.1, -0.05) is 17.7 Å². The molecule has 0 aromatic heterocycles. The summed E-state index contributed by atoms with van der Waals surface area (Å²) in [5.41, 5.74) is 4.25. The number of nitrogens with one attached hydrogen (secondary N) is 3. The molecule has 238 valence electrons. The van der Waals surface area contributed by atoms with Crippen molar-refractivity contribution in [3.63, 3.8) is 0 Å². The summed E-state index contributed by atoms with van der Waals surface area (Å²) in [5.74, 6) is -0.0407. The number of amides is 2. The number of carbonyl (C=O) groups excluding carboxylic acids is 3. The number of benzene rings is 2. The van der Waals surface area contributed by atoms with Gasteiger partial charge >= 0.3 is 18.0 Å². The van der Waals surface area contributed by atoms with Crippen LogP contribution in [0.4, 0.5) is 4.79 Å². The number of allylic oxidation sites excluding steroid dienone is 1. The Balaban J connectivity index is 1.66. The first-order chi connectivity index (χ1) is 21.1. The van der Waals surface area contributed by atoms with Gasteiger partial charge in [-0.2, -0.15) is 5.10 Å². The average Bonchev–Trinajstić information content (AvgIpc) is 2.99. The van der Waals surface area contributed by atoms with Gasteiger partial charge in [0, 0.05) is 5.70 Å². The second-order valence-corrected chi connectivity index (χ2v) is 9.45. The minimum absolute atomic E-state index is 0.173. The van der Waals surface area contributed by atoms with Crippen LogP contribution in [-0.2, 0) is 19.1 Å². The molecule has 0 fully saturated rings. The number of hydrazone groups is 1. The molecule has 0 saturated heterocycles. The summed E-state index contributed by atoms with van der Waals surface area (Å²) in [5, 5.41) is 19.9. The average molecular weight is 635 g/mol. The molecule has 3 rings (SSSR count). The summed E-state index contributed by atoms with van der Waals surface area (Å²) in [4.78, 5) is 36.2. The summed E-state index contributed by atoms with van der Waals surface area (Å²) in [6.45, 7) is 5.07. The normalized spacial score (nSPS) is 15.2. The molecule has 0 saturated carbocycles. The molecule has 2 amide bonds. The van der Waals surface area contributed by atoms with Gasteiger partial charge in [0.15, 0.2) is 35.8 Å². The van der Waals surface area contributed by atoms with E-state index in [1.54, 1.807) is 51.1 Å². The van der Waals surface area contributed by atoms with E-state index in [4.69, 9.17) is 40.0 Å². The minimum atomic E-state index is -1.22. The molecule has 2 aromatic carbocycles. The predicted molar refractivity (Wildman–Crippen MR) is 159 cm³/mol. The fourth-order valence-electron chi connectivity index (χ4n) is 4.11. The van der Waals surface area contributed by atoms with Gasteiger partial charge in [0.2, 0.25) is 0 Å². The van der Waals surface area contributed by atoms with E-state index >= 15 is 0 Å². The van der Waals surface area contributed by atoms with E-state index in [0.717, 1.165) is 0 Å². The van der Waals surface area contributed by atoms with Crippen LogP contribution in [0.3, 0.4) is 0 Å². The highest BCUT2D eigenvalue weighted by molar-refractivity contribution is 6.32. The number of hydrogen-bond donors (Lipinski definition) is 4. The van der Waals surface area contributed by atoms with Gasteiger partial charge in [0.1, 0.15) is 6.61 Å². The fraction of sp³-hybridized carbons (Fsp3) is 0.379. The van der Waals surface area contributed by atoms with E-state index in [9.17, 15) is 19.5 Å². The molecule has 14 nitrogen and oxygen atoms in total. The molecule has 15 heteroatoms. The fourth-order valence-corrected chi connectivity index (χ4v) is 4.38. The van der Waals surface area contributed by atoms with Gasteiger partial charge in [-0.3, -0.25) is 5.43 Å². The highest BCUT2D eigenvalue weighted by Crippen LogP contribution is 2.36. The molecule has 2 atom stereocenters. The van der Waals surface area contributed by atoms with Gasteiger partial charge in [-0.15, -0.1) is 0 Å². The molecule has 4 N–H and O–H groups in total. The smallest absolute Gasteiger partial charge is 0.344 e. The summed E-state index contributed by atoms with van der Waals surface area (Å²) in [7, 11) is 2.68.